The summed E-state index contributed by atoms with van der Waals surface area (Å²) >= 11 is 0. The molecular weight excluding hydrogens is 285 g/mol. The van der Waals surface area contributed by atoms with E-state index >= 15 is 0 Å². The highest BCUT2D eigenvalue weighted by Gasteiger charge is 2.29. The maximum Gasteiger partial charge on any atom is 0.422 e. The van der Waals surface area contributed by atoms with Gasteiger partial charge in [-0.3, -0.25) is 4.79 Å². The zero-order valence-corrected chi connectivity index (χ0v) is 12.1. The molecule has 21 heavy (non-hydrogen) atoms. The summed E-state index contributed by atoms with van der Waals surface area (Å²) < 4.78 is 40.6. The molecule has 1 aromatic rings. The fourth-order valence-corrected chi connectivity index (χ4v) is 1.41. The third-order valence-corrected chi connectivity index (χ3v) is 2.74. The molecule has 0 spiro atoms. The van der Waals surface area contributed by atoms with Crippen molar-refractivity contribution in [3.8, 4) is 5.75 Å². The standard InChI is InChI=1S/C14H19F3N2O2/c1-13(2,3)11(18)12(20)19-9-4-6-10(7-5-9)21-8-14(15,16)17/h4-7,11H,8,18H2,1-3H3,(H,19,20)/t11-/m1/s1. The van der Waals surface area contributed by atoms with E-state index in [-0.39, 0.29) is 17.1 Å². The predicted molar refractivity (Wildman–Crippen MR) is 74.1 cm³/mol. The van der Waals surface area contributed by atoms with E-state index in [2.05, 4.69) is 10.1 Å². The fraction of sp³-hybridized carbons (Fsp3) is 0.500. The minimum Gasteiger partial charge on any atom is -0.484 e. The first-order valence-corrected chi connectivity index (χ1v) is 6.35. The zero-order chi connectivity index (χ0) is 16.3. The summed E-state index contributed by atoms with van der Waals surface area (Å²) in [4.78, 5) is 11.9. The van der Waals surface area contributed by atoms with E-state index in [9.17, 15) is 18.0 Å². The smallest absolute Gasteiger partial charge is 0.422 e. The normalized spacial score (nSPS) is 13.7. The van der Waals surface area contributed by atoms with Crippen LogP contribution in [-0.2, 0) is 4.79 Å². The monoisotopic (exact) mass is 304 g/mol. The second-order valence-corrected chi connectivity index (χ2v) is 5.76. The van der Waals surface area contributed by atoms with Crippen molar-refractivity contribution in [2.45, 2.75) is 33.0 Å². The van der Waals surface area contributed by atoms with Gasteiger partial charge in [0.2, 0.25) is 5.91 Å². The number of nitrogens with two attached hydrogens (primary N) is 1. The van der Waals surface area contributed by atoms with Crippen molar-refractivity contribution in [1.29, 1.82) is 0 Å². The maximum atomic E-state index is 12.0. The summed E-state index contributed by atoms with van der Waals surface area (Å²) in [6.07, 6.45) is -4.38. The van der Waals surface area contributed by atoms with Gasteiger partial charge in [-0.05, 0) is 29.7 Å². The number of anilines is 1. The number of nitrogens with one attached hydrogen (secondary N) is 1. The molecule has 0 heterocycles. The van der Waals surface area contributed by atoms with Gasteiger partial charge in [-0.15, -0.1) is 0 Å². The first kappa shape index (κ1) is 17.3. The predicted octanol–water partition coefficient (Wildman–Crippen LogP) is 2.94. The Labute approximate surface area is 121 Å². The SMILES string of the molecule is CC(C)(C)[C@H](N)C(=O)Nc1ccc(OCC(F)(F)F)cc1. The molecule has 0 unspecified atom stereocenters. The molecule has 0 aliphatic rings. The second kappa shape index (κ2) is 6.34. The van der Waals surface area contributed by atoms with Crippen LogP contribution in [0.1, 0.15) is 20.8 Å². The van der Waals surface area contributed by atoms with Crippen LogP contribution in [0.25, 0.3) is 0 Å². The number of carbonyl (C=O) groups is 1. The molecule has 0 aliphatic heterocycles. The average molecular weight is 304 g/mol. The Balaban J connectivity index is 2.61. The molecule has 1 atom stereocenters. The third-order valence-electron chi connectivity index (χ3n) is 2.74. The van der Waals surface area contributed by atoms with Crippen molar-refractivity contribution in [2.24, 2.45) is 11.1 Å². The van der Waals surface area contributed by atoms with Gasteiger partial charge < -0.3 is 15.8 Å². The highest BCUT2D eigenvalue weighted by atomic mass is 19.4. The van der Waals surface area contributed by atoms with Gasteiger partial charge in [0, 0.05) is 5.69 Å². The van der Waals surface area contributed by atoms with Crippen LogP contribution in [0.5, 0.6) is 5.75 Å². The number of alkyl halides is 3. The minimum absolute atomic E-state index is 0.0745. The van der Waals surface area contributed by atoms with E-state index in [4.69, 9.17) is 5.73 Å². The van der Waals surface area contributed by atoms with Crippen molar-refractivity contribution in [2.75, 3.05) is 11.9 Å². The summed E-state index contributed by atoms with van der Waals surface area (Å²) in [7, 11) is 0. The lowest BCUT2D eigenvalue weighted by molar-refractivity contribution is -0.153. The lowest BCUT2D eigenvalue weighted by Gasteiger charge is -2.25. The minimum atomic E-state index is -4.38. The van der Waals surface area contributed by atoms with Crippen LogP contribution in [0.15, 0.2) is 24.3 Å². The van der Waals surface area contributed by atoms with Crippen LogP contribution in [0.4, 0.5) is 18.9 Å². The van der Waals surface area contributed by atoms with Crippen molar-refractivity contribution < 1.29 is 22.7 Å². The van der Waals surface area contributed by atoms with Gasteiger partial charge in [-0.2, -0.15) is 13.2 Å². The second-order valence-electron chi connectivity index (χ2n) is 5.76. The van der Waals surface area contributed by atoms with Gasteiger partial charge in [-0.25, -0.2) is 0 Å². The zero-order valence-electron chi connectivity index (χ0n) is 12.1. The summed E-state index contributed by atoms with van der Waals surface area (Å²) in [6.45, 7) is 4.16. The number of benzene rings is 1. The van der Waals surface area contributed by atoms with E-state index in [1.165, 1.54) is 24.3 Å². The molecule has 1 aromatic carbocycles. The van der Waals surface area contributed by atoms with Crippen LogP contribution in [0, 0.1) is 5.41 Å². The third kappa shape index (κ3) is 6.03. The molecule has 1 amide bonds. The molecule has 1 rings (SSSR count). The number of hydrogen-bond donors (Lipinski definition) is 2. The van der Waals surface area contributed by atoms with E-state index in [1.54, 1.807) is 0 Å². The number of halogens is 3. The summed E-state index contributed by atoms with van der Waals surface area (Å²) in [5, 5.41) is 2.61. The van der Waals surface area contributed by atoms with E-state index in [1.807, 2.05) is 20.8 Å². The molecule has 0 radical (unpaired) electrons. The van der Waals surface area contributed by atoms with Crippen LogP contribution >= 0.6 is 0 Å². The molecule has 118 valence electrons. The summed E-state index contributed by atoms with van der Waals surface area (Å²) in [5.74, 6) is -0.281. The Bertz CT molecular complexity index is 478. The van der Waals surface area contributed by atoms with Crippen LogP contribution < -0.4 is 15.8 Å². The first-order chi connectivity index (χ1) is 9.49. The van der Waals surface area contributed by atoms with Gasteiger partial charge in [-0.1, -0.05) is 20.8 Å². The van der Waals surface area contributed by atoms with Crippen molar-refractivity contribution >= 4 is 11.6 Å². The highest BCUT2D eigenvalue weighted by Crippen LogP contribution is 2.22. The highest BCUT2D eigenvalue weighted by molar-refractivity contribution is 5.95. The summed E-state index contributed by atoms with van der Waals surface area (Å²) in [6, 6.07) is 4.92. The Morgan fingerprint density at radius 1 is 1.24 bits per heavy atom. The molecule has 0 fully saturated rings. The van der Waals surface area contributed by atoms with Crippen LogP contribution in [0.2, 0.25) is 0 Å². The lowest BCUT2D eigenvalue weighted by atomic mass is 9.87. The lowest BCUT2D eigenvalue weighted by Crippen LogP contribution is -2.45. The molecule has 0 aromatic heterocycles. The summed E-state index contributed by atoms with van der Waals surface area (Å²) in [5.41, 5.74) is 5.86. The molecule has 4 nitrogen and oxygen atoms in total. The molecular formula is C14H19F3N2O2. The number of hydrogen-bond acceptors (Lipinski definition) is 3. The van der Waals surface area contributed by atoms with Crippen LogP contribution in [-0.4, -0.2) is 24.7 Å². The molecule has 0 bridgehead atoms. The molecule has 0 aliphatic carbocycles. The van der Waals surface area contributed by atoms with Gasteiger partial charge in [0.05, 0.1) is 6.04 Å². The fourth-order valence-electron chi connectivity index (χ4n) is 1.41. The van der Waals surface area contributed by atoms with E-state index in [0.29, 0.717) is 5.69 Å². The molecule has 3 N–H and O–H groups in total. The van der Waals surface area contributed by atoms with Crippen molar-refractivity contribution in [3.05, 3.63) is 24.3 Å². The van der Waals surface area contributed by atoms with Crippen molar-refractivity contribution in [3.63, 3.8) is 0 Å². The average Bonchev–Trinajstić information content (AvgIpc) is 2.35. The van der Waals surface area contributed by atoms with Crippen LogP contribution in [0.3, 0.4) is 0 Å². The van der Waals surface area contributed by atoms with E-state index in [0.717, 1.165) is 0 Å². The van der Waals surface area contributed by atoms with Gasteiger partial charge in [0.25, 0.3) is 0 Å². The Kier molecular flexibility index (Phi) is 5.22. The van der Waals surface area contributed by atoms with Gasteiger partial charge in [0.1, 0.15) is 5.75 Å². The topological polar surface area (TPSA) is 64.4 Å². The number of rotatable bonds is 4. The molecule has 7 heteroatoms. The van der Waals surface area contributed by atoms with Gasteiger partial charge >= 0.3 is 6.18 Å². The van der Waals surface area contributed by atoms with E-state index < -0.39 is 18.8 Å². The molecule has 0 saturated carbocycles. The quantitative estimate of drug-likeness (QED) is 0.899. The maximum absolute atomic E-state index is 12.0. The Morgan fingerprint density at radius 3 is 2.19 bits per heavy atom. The molecule has 0 saturated heterocycles. The number of amides is 1. The van der Waals surface area contributed by atoms with Gasteiger partial charge in [0.15, 0.2) is 6.61 Å². The first-order valence-electron chi connectivity index (χ1n) is 6.35. The number of carbonyl (C=O) groups excluding carboxylic acids is 1. The Morgan fingerprint density at radius 2 is 1.76 bits per heavy atom. The Hall–Kier alpha value is -1.76. The largest absolute Gasteiger partial charge is 0.484 e. The van der Waals surface area contributed by atoms with Crippen molar-refractivity contribution in [1.82, 2.24) is 0 Å². The number of ether oxygens (including phenoxy) is 1.